The van der Waals surface area contributed by atoms with Crippen molar-refractivity contribution < 1.29 is 49.3 Å². The molecule has 0 aromatic heterocycles. The lowest BCUT2D eigenvalue weighted by Crippen LogP contribution is -2.61. The minimum atomic E-state index is -1.62. The van der Waals surface area contributed by atoms with Crippen molar-refractivity contribution in [1.29, 1.82) is 0 Å². The molecular weight excluding hydrogens is 1110 g/mol. The van der Waals surface area contributed by atoms with Crippen molar-refractivity contribution >= 4 is 11.9 Å². The molecule has 1 aliphatic rings. The zero-order valence-electron chi connectivity index (χ0n) is 57.0. The second-order valence-electron chi connectivity index (χ2n) is 24.9. The van der Waals surface area contributed by atoms with Crippen LogP contribution in [0.3, 0.4) is 0 Å². The van der Waals surface area contributed by atoms with Gasteiger partial charge in [0.25, 0.3) is 0 Å². The number of hydrogen-bond donors (Lipinski definition) is 6. The van der Waals surface area contributed by atoms with Crippen LogP contribution in [0.4, 0.5) is 0 Å². The van der Waals surface area contributed by atoms with Crippen LogP contribution < -0.4 is 5.32 Å². The van der Waals surface area contributed by atoms with E-state index in [0.29, 0.717) is 12.8 Å². The SMILES string of the molecule is CC/C=C\C/C=C\C/C=C\C/C=C\C/C=C\C/C=C\CCCCCC(O)C(=O)NC(COC1OC(CO)C(O)C(O)C1OC(=O)CCCCCCCCCCCCCCCCCCC/C=C\C/C=C\CCCCC)C(O)/C=C/CCCCCCCCCCC. The molecule has 0 radical (unpaired) electrons. The highest BCUT2D eigenvalue weighted by molar-refractivity contribution is 5.80. The van der Waals surface area contributed by atoms with Crippen LogP contribution in [-0.4, -0.2) is 99.6 Å². The highest BCUT2D eigenvalue weighted by Gasteiger charge is 2.47. The molecular formula is C78H135NO10. The average Bonchev–Trinajstić information content (AvgIpc) is 2.36. The molecule has 1 aliphatic heterocycles. The summed E-state index contributed by atoms with van der Waals surface area (Å²) in [5, 5.41) is 57.2. The fourth-order valence-electron chi connectivity index (χ4n) is 10.9. The Kier molecular flexibility index (Phi) is 60.3. The summed E-state index contributed by atoms with van der Waals surface area (Å²) in [5.41, 5.74) is 0. The number of esters is 1. The summed E-state index contributed by atoms with van der Waals surface area (Å²) in [7, 11) is 0. The summed E-state index contributed by atoms with van der Waals surface area (Å²) in [5.74, 6) is -1.22. The molecule has 1 fully saturated rings. The Labute approximate surface area is 545 Å². The summed E-state index contributed by atoms with van der Waals surface area (Å²) in [6.45, 7) is 5.65. The monoisotopic (exact) mass is 1250 g/mol. The number of amides is 1. The van der Waals surface area contributed by atoms with Crippen LogP contribution >= 0.6 is 0 Å². The molecule has 1 rings (SSSR count). The molecule has 89 heavy (non-hydrogen) atoms. The van der Waals surface area contributed by atoms with Gasteiger partial charge in [-0.15, -0.1) is 0 Å². The maximum atomic E-state index is 13.5. The molecule has 6 N–H and O–H groups in total. The van der Waals surface area contributed by atoms with Crippen molar-refractivity contribution in [3.63, 3.8) is 0 Å². The minimum absolute atomic E-state index is 0.117. The van der Waals surface area contributed by atoms with Crippen molar-refractivity contribution in [3.05, 3.63) is 109 Å². The van der Waals surface area contributed by atoms with Gasteiger partial charge >= 0.3 is 5.97 Å². The van der Waals surface area contributed by atoms with Crippen molar-refractivity contribution in [2.75, 3.05) is 13.2 Å². The lowest BCUT2D eigenvalue weighted by molar-refractivity contribution is -0.305. The molecule has 0 spiro atoms. The molecule has 1 amide bonds. The van der Waals surface area contributed by atoms with Crippen LogP contribution in [0.15, 0.2) is 109 Å². The van der Waals surface area contributed by atoms with Crippen LogP contribution in [0.2, 0.25) is 0 Å². The average molecular weight is 1250 g/mol. The Morgan fingerprint density at radius 3 is 1.24 bits per heavy atom. The third-order valence-electron chi connectivity index (χ3n) is 16.7. The highest BCUT2D eigenvalue weighted by Crippen LogP contribution is 2.26. The van der Waals surface area contributed by atoms with Crippen LogP contribution in [0, 0.1) is 0 Å². The zero-order chi connectivity index (χ0) is 64.6. The van der Waals surface area contributed by atoms with Gasteiger partial charge in [-0.05, 0) is 109 Å². The van der Waals surface area contributed by atoms with E-state index in [-0.39, 0.29) is 19.4 Å². The second-order valence-corrected chi connectivity index (χ2v) is 24.9. The van der Waals surface area contributed by atoms with Crippen molar-refractivity contribution in [2.45, 2.75) is 359 Å². The Hall–Kier alpha value is -3.68. The van der Waals surface area contributed by atoms with Gasteiger partial charge in [0.05, 0.1) is 25.4 Å². The molecule has 11 nitrogen and oxygen atoms in total. The fraction of sp³-hybridized carbons (Fsp3) is 0.744. The number of rotatable bonds is 62. The molecule has 0 aromatic carbocycles. The molecule has 0 aromatic rings. The largest absolute Gasteiger partial charge is 0.454 e. The van der Waals surface area contributed by atoms with Gasteiger partial charge in [-0.25, -0.2) is 0 Å². The summed E-state index contributed by atoms with van der Waals surface area (Å²) in [4.78, 5) is 26.7. The lowest BCUT2D eigenvalue weighted by atomic mass is 9.99. The summed E-state index contributed by atoms with van der Waals surface area (Å²) in [6, 6.07) is -1.04. The molecule has 512 valence electrons. The minimum Gasteiger partial charge on any atom is -0.454 e. The predicted molar refractivity (Wildman–Crippen MR) is 375 cm³/mol. The van der Waals surface area contributed by atoms with E-state index < -0.39 is 67.4 Å². The second kappa shape index (κ2) is 64.4. The molecule has 8 unspecified atom stereocenters. The number of carbonyl (C=O) groups is 2. The quantitative estimate of drug-likeness (QED) is 0.0195. The van der Waals surface area contributed by atoms with Crippen LogP contribution in [-0.2, 0) is 23.8 Å². The number of ether oxygens (including phenoxy) is 3. The summed E-state index contributed by atoms with van der Waals surface area (Å²) in [6.07, 6.45) is 78.5. The Bertz CT molecular complexity index is 1870. The number of hydrogen-bond acceptors (Lipinski definition) is 10. The smallest absolute Gasteiger partial charge is 0.306 e. The first kappa shape index (κ1) is 83.3. The molecule has 0 saturated carbocycles. The van der Waals surface area contributed by atoms with E-state index in [1.165, 1.54) is 154 Å². The van der Waals surface area contributed by atoms with E-state index in [2.05, 4.69) is 123 Å². The summed E-state index contributed by atoms with van der Waals surface area (Å²) < 4.78 is 17.7. The molecule has 0 aliphatic carbocycles. The van der Waals surface area contributed by atoms with Gasteiger partial charge in [-0.1, -0.05) is 304 Å². The van der Waals surface area contributed by atoms with Gasteiger partial charge in [0, 0.05) is 6.42 Å². The first-order valence-electron chi connectivity index (χ1n) is 36.7. The molecule has 1 saturated heterocycles. The van der Waals surface area contributed by atoms with Crippen molar-refractivity contribution in [2.24, 2.45) is 0 Å². The number of unbranched alkanes of at least 4 members (excludes halogenated alkanes) is 32. The van der Waals surface area contributed by atoms with Crippen LogP contribution in [0.1, 0.15) is 310 Å². The Morgan fingerprint density at radius 2 is 0.809 bits per heavy atom. The molecule has 11 heteroatoms. The van der Waals surface area contributed by atoms with E-state index in [1.54, 1.807) is 6.08 Å². The van der Waals surface area contributed by atoms with Crippen molar-refractivity contribution in [1.82, 2.24) is 5.32 Å². The molecule has 0 bridgehead atoms. The van der Waals surface area contributed by atoms with Gasteiger partial charge in [-0.2, -0.15) is 0 Å². The first-order valence-corrected chi connectivity index (χ1v) is 36.7. The van der Waals surface area contributed by atoms with Crippen LogP contribution in [0.5, 0.6) is 0 Å². The molecule has 8 atom stereocenters. The van der Waals surface area contributed by atoms with Gasteiger partial charge in [0.15, 0.2) is 12.4 Å². The van der Waals surface area contributed by atoms with Gasteiger partial charge in [0.1, 0.15) is 24.4 Å². The number of nitrogens with one attached hydrogen (secondary N) is 1. The standard InChI is InChI=1S/C78H135NO10/c1-4-7-10-13-16-19-22-24-26-28-30-32-34-35-36-37-38-40-42-44-46-48-51-54-57-60-63-66-73(83)89-76-75(85)74(84)72(67-80)88-78(76)87-68-69(70(81)64-61-58-55-52-49-21-18-15-12-9-6-3)79-77(86)71(82)65-62-59-56-53-50-47-45-43-41-39-33-31-29-27-25-23-20-17-14-11-8-5-2/h8,11,16-17,19-20,24-27,31,33,41,43,47,50,61,64,69-72,74-76,78,80-82,84-85H,4-7,9-10,12-15,18,21-23,28-30,32,34-40,42,44-46,48-49,51-60,62-63,65-68H2,1-3H3,(H,79,86)/b11-8-,19-16-,20-17-,26-24-,27-25-,33-31-,43-41-,50-47-,64-61+. The normalized spacial score (nSPS) is 18.8. The maximum Gasteiger partial charge on any atom is 0.306 e. The van der Waals surface area contributed by atoms with Gasteiger partial charge < -0.3 is 45.1 Å². The van der Waals surface area contributed by atoms with Gasteiger partial charge in [0.2, 0.25) is 5.91 Å². The van der Waals surface area contributed by atoms with E-state index >= 15 is 0 Å². The van der Waals surface area contributed by atoms with Crippen molar-refractivity contribution in [3.8, 4) is 0 Å². The van der Waals surface area contributed by atoms with Crippen LogP contribution in [0.25, 0.3) is 0 Å². The first-order chi connectivity index (χ1) is 43.7. The number of carbonyl (C=O) groups excluding carboxylic acids is 2. The third kappa shape index (κ3) is 51.5. The van der Waals surface area contributed by atoms with E-state index in [0.717, 1.165) is 109 Å². The Balaban J connectivity index is 2.54. The lowest BCUT2D eigenvalue weighted by Gasteiger charge is -2.41. The number of aliphatic hydroxyl groups is 5. The Morgan fingerprint density at radius 1 is 0.449 bits per heavy atom. The predicted octanol–water partition coefficient (Wildman–Crippen LogP) is 19.2. The zero-order valence-corrected chi connectivity index (χ0v) is 57.0. The van der Waals surface area contributed by atoms with Gasteiger partial charge in [-0.3, -0.25) is 9.59 Å². The maximum absolute atomic E-state index is 13.5. The fourth-order valence-corrected chi connectivity index (χ4v) is 10.9. The van der Waals surface area contributed by atoms with E-state index in [9.17, 15) is 35.1 Å². The number of aliphatic hydroxyl groups excluding tert-OH is 5. The highest BCUT2D eigenvalue weighted by atomic mass is 16.7. The van der Waals surface area contributed by atoms with E-state index in [4.69, 9.17) is 14.2 Å². The molecule has 1 heterocycles. The third-order valence-corrected chi connectivity index (χ3v) is 16.7. The topological polar surface area (TPSA) is 175 Å². The van der Waals surface area contributed by atoms with E-state index in [1.807, 2.05) is 6.08 Å². The summed E-state index contributed by atoms with van der Waals surface area (Å²) >= 11 is 0. The number of allylic oxidation sites excluding steroid dienone is 17.